The van der Waals surface area contributed by atoms with Crippen molar-refractivity contribution in [2.24, 2.45) is 0 Å². The first kappa shape index (κ1) is 27.3. The first-order chi connectivity index (χ1) is 18.8. The number of pyridine rings is 1. The molecule has 3 N–H and O–H groups in total. The molecule has 0 unspecified atom stereocenters. The van der Waals surface area contributed by atoms with Crippen molar-refractivity contribution in [1.29, 1.82) is 0 Å². The number of carbonyl (C=O) groups excluding carboxylic acids is 2. The number of benzene rings is 2. The lowest BCUT2D eigenvalue weighted by Gasteiger charge is -2.08. The standard InChI is InChI=1S/C30H28FN3O5/c1-19-4-9-26(31)21(13-19)15-23(35)14-20-5-7-24(8-6-20)39-25-10-12-32-28(17-25)27-16-22(18-34-27)30(38)33-11-2-3-29(36)37/h4-10,12-13,16-18,34H,2-3,11,14-15H2,1H3,(H,33,38)(H,36,37). The number of ether oxygens (including phenoxy) is 1. The number of aryl methyl sites for hydroxylation is 1. The maximum absolute atomic E-state index is 14.0. The minimum absolute atomic E-state index is 0.00848. The van der Waals surface area contributed by atoms with Crippen molar-refractivity contribution >= 4 is 17.7 Å². The van der Waals surface area contributed by atoms with Crippen LogP contribution in [0.1, 0.15) is 39.9 Å². The summed E-state index contributed by atoms with van der Waals surface area (Å²) in [5.74, 6) is -0.557. The summed E-state index contributed by atoms with van der Waals surface area (Å²) >= 11 is 0. The second-order valence-electron chi connectivity index (χ2n) is 9.17. The molecule has 4 aromatic rings. The quantitative estimate of drug-likeness (QED) is 0.215. The predicted octanol–water partition coefficient (Wildman–Crippen LogP) is 5.27. The lowest BCUT2D eigenvalue weighted by Crippen LogP contribution is -2.24. The molecule has 0 fully saturated rings. The molecule has 39 heavy (non-hydrogen) atoms. The zero-order valence-corrected chi connectivity index (χ0v) is 21.4. The van der Waals surface area contributed by atoms with Gasteiger partial charge in [0.2, 0.25) is 0 Å². The smallest absolute Gasteiger partial charge is 0.303 e. The van der Waals surface area contributed by atoms with Crippen LogP contribution in [-0.2, 0) is 22.4 Å². The molecule has 0 radical (unpaired) electrons. The van der Waals surface area contributed by atoms with Crippen LogP contribution < -0.4 is 10.1 Å². The number of halogens is 1. The summed E-state index contributed by atoms with van der Waals surface area (Å²) in [5.41, 5.74) is 3.71. The number of carbonyl (C=O) groups is 3. The molecule has 0 aliphatic rings. The lowest BCUT2D eigenvalue weighted by molar-refractivity contribution is -0.137. The molecular weight excluding hydrogens is 501 g/mol. The number of nitrogens with zero attached hydrogens (tertiary/aromatic N) is 1. The van der Waals surface area contributed by atoms with Crippen LogP contribution in [0.4, 0.5) is 4.39 Å². The van der Waals surface area contributed by atoms with E-state index in [0.717, 1.165) is 11.1 Å². The number of hydrogen-bond donors (Lipinski definition) is 3. The molecule has 0 saturated carbocycles. The minimum Gasteiger partial charge on any atom is -0.481 e. The molecule has 0 atom stereocenters. The zero-order chi connectivity index (χ0) is 27.8. The fourth-order valence-electron chi connectivity index (χ4n) is 3.99. The van der Waals surface area contributed by atoms with Gasteiger partial charge in [0, 0.05) is 44.3 Å². The number of rotatable bonds is 12. The highest BCUT2D eigenvalue weighted by Crippen LogP contribution is 2.26. The Balaban J connectivity index is 1.33. The number of aromatic nitrogens is 2. The Bertz CT molecular complexity index is 1480. The number of Topliss-reactive ketones (excluding diaryl/α,β-unsaturated/α-hetero) is 1. The number of aromatic amines is 1. The van der Waals surface area contributed by atoms with Crippen molar-refractivity contribution in [2.45, 2.75) is 32.6 Å². The van der Waals surface area contributed by atoms with Gasteiger partial charge in [0.25, 0.3) is 5.91 Å². The van der Waals surface area contributed by atoms with E-state index in [-0.39, 0.29) is 43.3 Å². The van der Waals surface area contributed by atoms with Gasteiger partial charge in [-0.1, -0.05) is 29.8 Å². The Morgan fingerprint density at radius 1 is 1.00 bits per heavy atom. The third-order valence-corrected chi connectivity index (χ3v) is 5.95. The van der Waals surface area contributed by atoms with Gasteiger partial charge in [-0.2, -0.15) is 0 Å². The van der Waals surface area contributed by atoms with Gasteiger partial charge in [-0.15, -0.1) is 0 Å². The Kier molecular flexibility index (Phi) is 8.83. The summed E-state index contributed by atoms with van der Waals surface area (Å²) in [6, 6.07) is 17.0. The number of carboxylic acids is 1. The zero-order valence-electron chi connectivity index (χ0n) is 21.4. The van der Waals surface area contributed by atoms with Crippen LogP contribution >= 0.6 is 0 Å². The van der Waals surface area contributed by atoms with Crippen molar-refractivity contribution in [1.82, 2.24) is 15.3 Å². The van der Waals surface area contributed by atoms with E-state index in [0.29, 0.717) is 40.4 Å². The van der Waals surface area contributed by atoms with Crippen LogP contribution in [0.2, 0.25) is 0 Å². The Hall–Kier alpha value is -4.79. The van der Waals surface area contributed by atoms with Gasteiger partial charge in [0.05, 0.1) is 17.0 Å². The molecule has 9 heteroatoms. The normalized spacial score (nSPS) is 10.7. The van der Waals surface area contributed by atoms with Gasteiger partial charge in [0.1, 0.15) is 23.1 Å². The number of carboxylic acid groups (broad SMARTS) is 1. The van der Waals surface area contributed by atoms with Crippen molar-refractivity contribution in [2.75, 3.05) is 6.54 Å². The maximum Gasteiger partial charge on any atom is 0.303 e. The Morgan fingerprint density at radius 3 is 2.56 bits per heavy atom. The average Bonchev–Trinajstić information content (AvgIpc) is 3.41. The van der Waals surface area contributed by atoms with Crippen LogP contribution in [0.3, 0.4) is 0 Å². The fraction of sp³-hybridized carbons (Fsp3) is 0.200. The van der Waals surface area contributed by atoms with Gasteiger partial charge < -0.3 is 20.1 Å². The molecule has 200 valence electrons. The second-order valence-corrected chi connectivity index (χ2v) is 9.17. The van der Waals surface area contributed by atoms with Crippen LogP contribution in [0.15, 0.2) is 73.1 Å². The summed E-state index contributed by atoms with van der Waals surface area (Å²) in [5, 5.41) is 11.4. The van der Waals surface area contributed by atoms with Crippen LogP contribution in [-0.4, -0.2) is 39.3 Å². The molecular formula is C30H28FN3O5. The SMILES string of the molecule is Cc1ccc(F)c(CC(=O)Cc2ccc(Oc3ccnc(-c4cc(C(=O)NCCCC(=O)O)c[nH]4)c3)cc2)c1. The third kappa shape index (κ3) is 7.85. The summed E-state index contributed by atoms with van der Waals surface area (Å²) in [6.07, 6.45) is 3.72. The van der Waals surface area contributed by atoms with Crippen molar-refractivity contribution in [3.63, 3.8) is 0 Å². The van der Waals surface area contributed by atoms with Crippen LogP contribution in [0.25, 0.3) is 11.4 Å². The highest BCUT2D eigenvalue weighted by Gasteiger charge is 2.12. The molecule has 8 nitrogen and oxygen atoms in total. The summed E-state index contributed by atoms with van der Waals surface area (Å²) in [6.45, 7) is 2.13. The van der Waals surface area contributed by atoms with Crippen molar-refractivity contribution in [3.05, 3.63) is 101 Å². The average molecular weight is 530 g/mol. The summed E-state index contributed by atoms with van der Waals surface area (Å²) in [7, 11) is 0. The number of amides is 1. The van der Waals surface area contributed by atoms with E-state index < -0.39 is 5.97 Å². The molecule has 4 rings (SSSR count). The van der Waals surface area contributed by atoms with Gasteiger partial charge >= 0.3 is 5.97 Å². The lowest BCUT2D eigenvalue weighted by atomic mass is 10.0. The number of H-pyrrole nitrogens is 1. The van der Waals surface area contributed by atoms with Crippen LogP contribution in [0.5, 0.6) is 11.5 Å². The van der Waals surface area contributed by atoms with E-state index in [1.807, 2.05) is 6.92 Å². The van der Waals surface area contributed by atoms with Crippen molar-refractivity contribution < 1.29 is 28.6 Å². The monoisotopic (exact) mass is 529 g/mol. The van der Waals surface area contributed by atoms with Crippen LogP contribution in [0, 0.1) is 12.7 Å². The van der Waals surface area contributed by atoms with E-state index >= 15 is 0 Å². The Morgan fingerprint density at radius 2 is 1.79 bits per heavy atom. The van der Waals surface area contributed by atoms with E-state index in [1.54, 1.807) is 67.0 Å². The third-order valence-electron chi connectivity index (χ3n) is 5.95. The number of nitrogens with one attached hydrogen (secondary N) is 2. The molecule has 1 amide bonds. The number of ketones is 1. The largest absolute Gasteiger partial charge is 0.481 e. The van der Waals surface area contributed by atoms with Crippen molar-refractivity contribution in [3.8, 4) is 22.9 Å². The van der Waals surface area contributed by atoms with Gasteiger partial charge in [-0.05, 0) is 54.8 Å². The summed E-state index contributed by atoms with van der Waals surface area (Å²) < 4.78 is 19.9. The molecule has 2 heterocycles. The fourth-order valence-corrected chi connectivity index (χ4v) is 3.99. The second kappa shape index (κ2) is 12.6. The summed E-state index contributed by atoms with van der Waals surface area (Å²) in [4.78, 5) is 42.7. The number of hydrogen-bond acceptors (Lipinski definition) is 5. The maximum atomic E-state index is 14.0. The topological polar surface area (TPSA) is 121 Å². The van der Waals surface area contributed by atoms with Gasteiger partial charge in [-0.25, -0.2) is 4.39 Å². The number of aliphatic carboxylic acids is 1. The highest BCUT2D eigenvalue weighted by molar-refractivity contribution is 5.95. The molecule has 0 saturated heterocycles. The van der Waals surface area contributed by atoms with Gasteiger partial charge in [0.15, 0.2) is 0 Å². The first-order valence-corrected chi connectivity index (χ1v) is 12.4. The van der Waals surface area contributed by atoms with Gasteiger partial charge in [-0.3, -0.25) is 19.4 Å². The highest BCUT2D eigenvalue weighted by atomic mass is 19.1. The molecule has 0 aliphatic heterocycles. The van der Waals surface area contributed by atoms with E-state index in [2.05, 4.69) is 15.3 Å². The van der Waals surface area contributed by atoms with E-state index in [1.165, 1.54) is 6.07 Å². The minimum atomic E-state index is -0.904. The molecule has 0 bridgehead atoms. The molecule has 0 spiro atoms. The predicted molar refractivity (Wildman–Crippen MR) is 143 cm³/mol. The molecule has 2 aromatic heterocycles. The molecule has 2 aromatic carbocycles. The van der Waals surface area contributed by atoms with E-state index in [9.17, 15) is 18.8 Å². The Labute approximate surface area is 224 Å². The molecule has 0 aliphatic carbocycles. The van der Waals surface area contributed by atoms with E-state index in [4.69, 9.17) is 9.84 Å². The first-order valence-electron chi connectivity index (χ1n) is 12.4.